The summed E-state index contributed by atoms with van der Waals surface area (Å²) in [5, 5.41) is 5.06. The van der Waals surface area contributed by atoms with Gasteiger partial charge in [-0.2, -0.15) is 0 Å². The highest BCUT2D eigenvalue weighted by atomic mass is 32.2. The summed E-state index contributed by atoms with van der Waals surface area (Å²) < 4.78 is 28.2. The normalized spacial score (nSPS) is 11.1. The van der Waals surface area contributed by atoms with E-state index in [1.54, 1.807) is 0 Å². The highest BCUT2D eigenvalue weighted by molar-refractivity contribution is 7.89. The summed E-state index contributed by atoms with van der Waals surface area (Å²) in [6.07, 6.45) is 0. The largest absolute Gasteiger partial charge is 0.455 e. The number of primary sulfonamides is 1. The molecule has 7 nitrogen and oxygen atoms in total. The predicted molar refractivity (Wildman–Crippen MR) is 77.3 cm³/mol. The standard InChI is InChI=1S/C13H13N3O4S/c14-12-10(2-1-3-11(12)21(16,18)19)20-9-6-4-8(5-7-9)13(15)17/h1-7H,14H2,(H2,15,17)(H2,16,18,19). The molecule has 21 heavy (non-hydrogen) atoms. The lowest BCUT2D eigenvalue weighted by atomic mass is 10.2. The molecule has 0 aliphatic heterocycles. The molecule has 2 aromatic rings. The van der Waals surface area contributed by atoms with Crippen molar-refractivity contribution in [2.75, 3.05) is 5.73 Å². The summed E-state index contributed by atoms with van der Waals surface area (Å²) in [4.78, 5) is 10.7. The lowest BCUT2D eigenvalue weighted by Crippen LogP contribution is -2.14. The molecule has 6 N–H and O–H groups in total. The van der Waals surface area contributed by atoms with Gasteiger partial charge in [-0.3, -0.25) is 4.79 Å². The van der Waals surface area contributed by atoms with E-state index in [4.69, 9.17) is 21.3 Å². The zero-order valence-electron chi connectivity index (χ0n) is 10.8. The Morgan fingerprint density at radius 3 is 2.19 bits per heavy atom. The minimum atomic E-state index is -3.93. The van der Waals surface area contributed by atoms with Crippen LogP contribution < -0.4 is 21.3 Å². The van der Waals surface area contributed by atoms with Gasteiger partial charge in [-0.05, 0) is 36.4 Å². The highest BCUT2D eigenvalue weighted by Gasteiger charge is 2.16. The number of para-hydroxylation sites is 1. The molecule has 0 heterocycles. The summed E-state index contributed by atoms with van der Waals surface area (Å²) >= 11 is 0. The molecule has 0 aliphatic rings. The molecule has 0 radical (unpaired) electrons. The lowest BCUT2D eigenvalue weighted by molar-refractivity contribution is 0.100. The van der Waals surface area contributed by atoms with Crippen LogP contribution in [0.3, 0.4) is 0 Å². The fourth-order valence-corrected chi connectivity index (χ4v) is 2.35. The van der Waals surface area contributed by atoms with E-state index in [2.05, 4.69) is 0 Å². The fraction of sp³-hybridized carbons (Fsp3) is 0. The first-order valence-electron chi connectivity index (χ1n) is 5.78. The van der Waals surface area contributed by atoms with Gasteiger partial charge in [0, 0.05) is 5.56 Å². The SMILES string of the molecule is NC(=O)c1ccc(Oc2cccc(S(N)(=O)=O)c2N)cc1. The Labute approximate surface area is 121 Å². The average molecular weight is 307 g/mol. The second-order valence-electron chi connectivity index (χ2n) is 4.20. The first kappa shape index (κ1) is 14.8. The van der Waals surface area contributed by atoms with Gasteiger partial charge in [0.25, 0.3) is 0 Å². The Hall–Kier alpha value is -2.58. The van der Waals surface area contributed by atoms with E-state index in [0.717, 1.165) is 0 Å². The monoisotopic (exact) mass is 307 g/mol. The molecule has 0 aliphatic carbocycles. The average Bonchev–Trinajstić information content (AvgIpc) is 2.40. The third kappa shape index (κ3) is 3.30. The molecule has 0 bridgehead atoms. The van der Waals surface area contributed by atoms with Crippen LogP contribution in [0.25, 0.3) is 0 Å². The van der Waals surface area contributed by atoms with Crippen molar-refractivity contribution in [1.29, 1.82) is 0 Å². The van der Waals surface area contributed by atoms with Crippen LogP contribution in [0, 0.1) is 0 Å². The maximum Gasteiger partial charge on any atom is 0.248 e. The molecule has 0 aromatic heterocycles. The summed E-state index contributed by atoms with van der Waals surface area (Å²) in [5.74, 6) is -0.0381. The second kappa shape index (κ2) is 5.43. The lowest BCUT2D eigenvalue weighted by Gasteiger charge is -2.11. The van der Waals surface area contributed by atoms with Crippen molar-refractivity contribution >= 4 is 21.6 Å². The zero-order valence-corrected chi connectivity index (χ0v) is 11.6. The van der Waals surface area contributed by atoms with Crippen molar-refractivity contribution in [3.8, 4) is 11.5 Å². The number of hydrogen-bond donors (Lipinski definition) is 3. The van der Waals surface area contributed by atoms with Crippen LogP contribution in [0.15, 0.2) is 47.4 Å². The molecule has 2 rings (SSSR count). The Kier molecular flexibility index (Phi) is 3.83. The van der Waals surface area contributed by atoms with Crippen LogP contribution in [-0.2, 0) is 10.0 Å². The number of rotatable bonds is 4. The molecular formula is C13H13N3O4S. The molecule has 0 unspecified atom stereocenters. The first-order valence-corrected chi connectivity index (χ1v) is 7.32. The van der Waals surface area contributed by atoms with E-state index >= 15 is 0 Å². The van der Waals surface area contributed by atoms with Crippen LogP contribution in [-0.4, -0.2) is 14.3 Å². The van der Waals surface area contributed by atoms with Gasteiger partial charge in [-0.15, -0.1) is 0 Å². The quantitative estimate of drug-likeness (QED) is 0.717. The third-order valence-corrected chi connectivity index (χ3v) is 3.67. The van der Waals surface area contributed by atoms with Gasteiger partial charge in [0.1, 0.15) is 10.6 Å². The number of carbonyl (C=O) groups is 1. The summed E-state index contributed by atoms with van der Waals surface area (Å²) in [6, 6.07) is 10.3. The van der Waals surface area contributed by atoms with Gasteiger partial charge < -0.3 is 16.2 Å². The van der Waals surface area contributed by atoms with Gasteiger partial charge in [0.15, 0.2) is 5.75 Å². The van der Waals surface area contributed by atoms with E-state index in [9.17, 15) is 13.2 Å². The Bertz CT molecular complexity index is 786. The van der Waals surface area contributed by atoms with Crippen molar-refractivity contribution in [2.45, 2.75) is 4.90 Å². The van der Waals surface area contributed by atoms with E-state index < -0.39 is 15.9 Å². The topological polar surface area (TPSA) is 138 Å². The number of benzene rings is 2. The van der Waals surface area contributed by atoms with E-state index in [0.29, 0.717) is 11.3 Å². The molecular weight excluding hydrogens is 294 g/mol. The van der Waals surface area contributed by atoms with Crippen LogP contribution in [0.1, 0.15) is 10.4 Å². The molecule has 8 heteroatoms. The van der Waals surface area contributed by atoms with Gasteiger partial charge in [0.2, 0.25) is 15.9 Å². The van der Waals surface area contributed by atoms with Crippen LogP contribution in [0.2, 0.25) is 0 Å². The first-order chi connectivity index (χ1) is 9.79. The molecule has 110 valence electrons. The minimum Gasteiger partial charge on any atom is -0.455 e. The number of primary amides is 1. The second-order valence-corrected chi connectivity index (χ2v) is 5.73. The van der Waals surface area contributed by atoms with E-state index in [1.807, 2.05) is 0 Å². The number of carbonyl (C=O) groups excluding carboxylic acids is 1. The van der Waals surface area contributed by atoms with E-state index in [-0.39, 0.29) is 16.3 Å². The van der Waals surface area contributed by atoms with Crippen LogP contribution >= 0.6 is 0 Å². The van der Waals surface area contributed by atoms with Crippen molar-refractivity contribution in [3.05, 3.63) is 48.0 Å². The predicted octanol–water partition coefficient (Wildman–Crippen LogP) is 0.807. The molecule has 0 atom stereocenters. The molecule has 0 saturated heterocycles. The fourth-order valence-electron chi connectivity index (χ4n) is 1.68. The summed E-state index contributed by atoms with van der Waals surface area (Å²) in [7, 11) is -3.93. The maximum absolute atomic E-state index is 11.4. The Morgan fingerprint density at radius 1 is 1.05 bits per heavy atom. The van der Waals surface area contributed by atoms with Crippen molar-refractivity contribution in [3.63, 3.8) is 0 Å². The number of amides is 1. The van der Waals surface area contributed by atoms with Crippen LogP contribution in [0.5, 0.6) is 11.5 Å². The smallest absolute Gasteiger partial charge is 0.248 e. The Balaban J connectivity index is 2.34. The maximum atomic E-state index is 11.4. The number of hydrogen-bond acceptors (Lipinski definition) is 5. The number of sulfonamides is 1. The molecule has 0 spiro atoms. The van der Waals surface area contributed by atoms with Crippen molar-refractivity contribution in [1.82, 2.24) is 0 Å². The van der Waals surface area contributed by atoms with Gasteiger partial charge in [-0.1, -0.05) is 6.07 Å². The zero-order chi connectivity index (χ0) is 15.6. The van der Waals surface area contributed by atoms with Gasteiger partial charge >= 0.3 is 0 Å². The number of anilines is 1. The molecule has 0 fully saturated rings. The van der Waals surface area contributed by atoms with Gasteiger partial charge in [-0.25, -0.2) is 13.6 Å². The number of ether oxygens (including phenoxy) is 1. The summed E-state index contributed by atoms with van der Waals surface area (Å²) in [6.45, 7) is 0. The highest BCUT2D eigenvalue weighted by Crippen LogP contribution is 2.31. The molecule has 0 saturated carbocycles. The number of nitrogens with two attached hydrogens (primary N) is 3. The number of nitrogen functional groups attached to an aromatic ring is 1. The van der Waals surface area contributed by atoms with E-state index in [1.165, 1.54) is 42.5 Å². The third-order valence-electron chi connectivity index (χ3n) is 2.70. The molecule has 2 aromatic carbocycles. The minimum absolute atomic E-state index is 0.0843. The van der Waals surface area contributed by atoms with Crippen LogP contribution in [0.4, 0.5) is 5.69 Å². The van der Waals surface area contributed by atoms with Gasteiger partial charge in [0.05, 0.1) is 5.69 Å². The summed E-state index contributed by atoms with van der Waals surface area (Å²) in [5.41, 5.74) is 11.1. The molecule has 1 amide bonds. The van der Waals surface area contributed by atoms with Crippen molar-refractivity contribution in [2.24, 2.45) is 10.9 Å². The van der Waals surface area contributed by atoms with Crippen molar-refractivity contribution < 1.29 is 17.9 Å². The Morgan fingerprint density at radius 2 is 1.67 bits per heavy atom.